The molecule has 130 valence electrons. The van der Waals surface area contributed by atoms with Crippen LogP contribution in [-0.4, -0.2) is 46.7 Å². The molecule has 4 unspecified atom stereocenters. The Balaban J connectivity index is 1.66. The third-order valence-corrected chi connectivity index (χ3v) is 5.22. The van der Waals surface area contributed by atoms with Crippen molar-refractivity contribution in [2.24, 2.45) is 11.8 Å². The van der Waals surface area contributed by atoms with Gasteiger partial charge in [-0.1, -0.05) is 35.5 Å². The maximum atomic E-state index is 12.7. The number of fused-ring (bicyclic) bond motifs is 1. The van der Waals surface area contributed by atoms with E-state index in [9.17, 15) is 14.7 Å². The number of allylic oxidation sites excluding steroid dienone is 3. The highest BCUT2D eigenvalue weighted by Gasteiger charge is 2.66. The lowest BCUT2D eigenvalue weighted by Gasteiger charge is -2.21. The van der Waals surface area contributed by atoms with Gasteiger partial charge in [0.05, 0.1) is 18.6 Å². The van der Waals surface area contributed by atoms with Crippen LogP contribution in [0.15, 0.2) is 35.5 Å². The molecule has 3 aliphatic heterocycles. The molecule has 3 aliphatic rings. The summed E-state index contributed by atoms with van der Waals surface area (Å²) in [7, 11) is 0. The van der Waals surface area contributed by atoms with E-state index >= 15 is 0 Å². The van der Waals surface area contributed by atoms with Crippen LogP contribution in [0.3, 0.4) is 0 Å². The van der Waals surface area contributed by atoms with E-state index in [1.54, 1.807) is 11.0 Å². The van der Waals surface area contributed by atoms with Crippen LogP contribution in [0.2, 0.25) is 0 Å². The Bertz CT molecular complexity index is 644. The van der Waals surface area contributed by atoms with Crippen LogP contribution in [0.5, 0.6) is 0 Å². The Hall–Kier alpha value is -1.88. The first-order chi connectivity index (χ1) is 11.3. The molecule has 3 rings (SSSR count). The van der Waals surface area contributed by atoms with Crippen LogP contribution in [-0.2, 0) is 14.3 Å². The Labute approximate surface area is 142 Å². The second-order valence-electron chi connectivity index (χ2n) is 7.33. The summed E-state index contributed by atoms with van der Waals surface area (Å²) >= 11 is 0. The van der Waals surface area contributed by atoms with E-state index in [0.717, 1.165) is 12.8 Å². The highest BCUT2D eigenvalue weighted by atomic mass is 16.5. The Morgan fingerprint density at radius 3 is 2.83 bits per heavy atom. The average Bonchev–Trinajstić information content (AvgIpc) is 3.13. The maximum Gasteiger partial charge on any atom is 0.310 e. The molecule has 0 radical (unpaired) electrons. The fourth-order valence-corrected chi connectivity index (χ4v) is 3.97. The van der Waals surface area contributed by atoms with Crippen molar-refractivity contribution in [3.8, 4) is 0 Å². The van der Waals surface area contributed by atoms with E-state index < -0.39 is 29.5 Å². The molecular formula is C19H25NO4. The molecule has 0 aliphatic carbocycles. The van der Waals surface area contributed by atoms with Crippen LogP contribution in [0, 0.1) is 11.8 Å². The van der Waals surface area contributed by atoms with Crippen molar-refractivity contribution in [3.05, 3.63) is 35.5 Å². The van der Waals surface area contributed by atoms with Crippen LogP contribution in [0.4, 0.5) is 0 Å². The molecule has 5 nitrogen and oxygen atoms in total. The highest BCUT2D eigenvalue weighted by molar-refractivity contribution is 5.90. The molecule has 2 saturated heterocycles. The van der Waals surface area contributed by atoms with Gasteiger partial charge in [0.25, 0.3) is 0 Å². The van der Waals surface area contributed by atoms with Gasteiger partial charge in [-0.05, 0) is 33.6 Å². The van der Waals surface area contributed by atoms with Crippen molar-refractivity contribution in [3.63, 3.8) is 0 Å². The van der Waals surface area contributed by atoms with Gasteiger partial charge in [0.15, 0.2) is 0 Å². The zero-order valence-electron chi connectivity index (χ0n) is 14.5. The monoisotopic (exact) mass is 331 g/mol. The molecule has 2 fully saturated rings. The van der Waals surface area contributed by atoms with Gasteiger partial charge in [0.1, 0.15) is 11.5 Å². The first kappa shape index (κ1) is 17.0. The summed E-state index contributed by atoms with van der Waals surface area (Å²) in [5.41, 5.74) is 1.82. The largest absolute Gasteiger partial charge is 0.481 e. The maximum absolute atomic E-state index is 12.7. The molecule has 1 amide bonds. The van der Waals surface area contributed by atoms with Crippen LogP contribution >= 0.6 is 0 Å². The second kappa shape index (κ2) is 6.20. The summed E-state index contributed by atoms with van der Waals surface area (Å²) < 4.78 is 5.87. The quantitative estimate of drug-likeness (QED) is 0.760. The predicted octanol–water partition coefficient (Wildman–Crippen LogP) is 2.55. The molecule has 0 aromatic rings. The summed E-state index contributed by atoms with van der Waals surface area (Å²) in [6.45, 7) is 7.21. The number of carboxylic acids is 1. The summed E-state index contributed by atoms with van der Waals surface area (Å²) in [5, 5.41) is 9.44. The fraction of sp³-hybridized carbons (Fsp3) is 0.579. The Kier molecular flexibility index (Phi) is 4.38. The summed E-state index contributed by atoms with van der Waals surface area (Å²) in [6, 6.07) is 0. The van der Waals surface area contributed by atoms with Gasteiger partial charge in [0, 0.05) is 6.54 Å². The number of aliphatic carboxylic acids is 1. The fourth-order valence-electron chi connectivity index (χ4n) is 3.97. The normalized spacial score (nSPS) is 34.0. The van der Waals surface area contributed by atoms with E-state index in [0.29, 0.717) is 13.1 Å². The van der Waals surface area contributed by atoms with Gasteiger partial charge < -0.3 is 14.7 Å². The lowest BCUT2D eigenvalue weighted by Crippen LogP contribution is -2.39. The predicted molar refractivity (Wildman–Crippen MR) is 90.4 cm³/mol. The molecule has 2 bridgehead atoms. The Morgan fingerprint density at radius 1 is 1.42 bits per heavy atom. The van der Waals surface area contributed by atoms with Gasteiger partial charge in [-0.25, -0.2) is 0 Å². The molecule has 1 spiro atoms. The molecule has 0 aromatic carbocycles. The van der Waals surface area contributed by atoms with Crippen LogP contribution in [0.1, 0.15) is 33.6 Å². The van der Waals surface area contributed by atoms with Crippen LogP contribution < -0.4 is 0 Å². The van der Waals surface area contributed by atoms with Crippen LogP contribution in [0.25, 0.3) is 0 Å². The third-order valence-electron chi connectivity index (χ3n) is 5.22. The standard InChI is InChI=1S/C19H25NO4/c1-12(2)5-4-6-13(3)8-10-20-11-19-9-7-14(24-19)15(18(22)23)16(19)17(20)21/h5,7-9,14-16H,4,6,10-11H2,1-3H3,(H,22,23)/b13-8+. The zero-order valence-corrected chi connectivity index (χ0v) is 14.5. The number of hydrogen-bond donors (Lipinski definition) is 1. The minimum Gasteiger partial charge on any atom is -0.481 e. The molecule has 3 heterocycles. The number of ether oxygens (including phenoxy) is 1. The first-order valence-electron chi connectivity index (χ1n) is 8.52. The summed E-state index contributed by atoms with van der Waals surface area (Å²) in [5.74, 6) is -2.37. The molecular weight excluding hydrogens is 306 g/mol. The third kappa shape index (κ3) is 2.81. The van der Waals surface area contributed by atoms with Gasteiger partial charge in [0.2, 0.25) is 5.91 Å². The lowest BCUT2D eigenvalue weighted by atomic mass is 9.77. The van der Waals surface area contributed by atoms with Crippen molar-refractivity contribution in [2.45, 2.75) is 45.3 Å². The van der Waals surface area contributed by atoms with Gasteiger partial charge >= 0.3 is 5.97 Å². The minimum absolute atomic E-state index is 0.0948. The van der Waals surface area contributed by atoms with Crippen molar-refractivity contribution in [2.75, 3.05) is 13.1 Å². The second-order valence-corrected chi connectivity index (χ2v) is 7.33. The smallest absolute Gasteiger partial charge is 0.310 e. The van der Waals surface area contributed by atoms with Crippen molar-refractivity contribution in [1.82, 2.24) is 4.90 Å². The summed E-state index contributed by atoms with van der Waals surface area (Å²) in [6.07, 6.45) is 9.48. The SMILES string of the molecule is CC(C)=CCC/C(C)=C/CN1CC23C=CC(O2)C(C(=O)O)C3C1=O. The first-order valence-corrected chi connectivity index (χ1v) is 8.52. The lowest BCUT2D eigenvalue weighted by molar-refractivity contribution is -0.147. The minimum atomic E-state index is -0.945. The van der Waals surface area contributed by atoms with Gasteiger partial charge in [-0.15, -0.1) is 0 Å². The number of amides is 1. The van der Waals surface area contributed by atoms with Crippen molar-refractivity contribution in [1.29, 1.82) is 0 Å². The van der Waals surface area contributed by atoms with Crippen molar-refractivity contribution < 1.29 is 19.4 Å². The molecule has 5 heteroatoms. The summed E-state index contributed by atoms with van der Waals surface area (Å²) in [4.78, 5) is 26.0. The average molecular weight is 331 g/mol. The Morgan fingerprint density at radius 2 is 2.17 bits per heavy atom. The van der Waals surface area contributed by atoms with Gasteiger partial charge in [-0.2, -0.15) is 0 Å². The van der Waals surface area contributed by atoms with Gasteiger partial charge in [-0.3, -0.25) is 9.59 Å². The number of carboxylic acid groups (broad SMARTS) is 1. The number of likely N-dealkylation sites (tertiary alicyclic amines) is 1. The zero-order chi connectivity index (χ0) is 17.5. The molecule has 0 saturated carbocycles. The number of rotatable bonds is 6. The topological polar surface area (TPSA) is 66.8 Å². The van der Waals surface area contributed by atoms with E-state index in [4.69, 9.17) is 4.74 Å². The van der Waals surface area contributed by atoms with E-state index in [2.05, 4.69) is 32.9 Å². The van der Waals surface area contributed by atoms with E-state index in [1.165, 1.54) is 11.1 Å². The van der Waals surface area contributed by atoms with Crippen molar-refractivity contribution >= 4 is 11.9 Å². The number of hydrogen-bond acceptors (Lipinski definition) is 3. The number of nitrogens with zero attached hydrogens (tertiary/aromatic N) is 1. The number of carbonyl (C=O) groups excluding carboxylic acids is 1. The number of carbonyl (C=O) groups is 2. The molecule has 1 N–H and O–H groups in total. The molecule has 0 aromatic heterocycles. The molecule has 24 heavy (non-hydrogen) atoms. The molecule has 4 atom stereocenters. The van der Waals surface area contributed by atoms with E-state index in [-0.39, 0.29) is 5.91 Å². The highest BCUT2D eigenvalue weighted by Crippen LogP contribution is 2.51. The van der Waals surface area contributed by atoms with E-state index in [1.807, 2.05) is 6.08 Å².